The van der Waals surface area contributed by atoms with Gasteiger partial charge in [0.2, 0.25) is 0 Å². The Labute approximate surface area is 179 Å². The number of nitrogens with zero attached hydrogens (tertiary/aromatic N) is 4. The van der Waals surface area contributed by atoms with Crippen LogP contribution in [0.4, 0.5) is 5.69 Å². The molecule has 0 unspecified atom stereocenters. The van der Waals surface area contributed by atoms with Crippen molar-refractivity contribution in [2.75, 3.05) is 12.4 Å². The maximum absolute atomic E-state index is 13.0. The van der Waals surface area contributed by atoms with Crippen molar-refractivity contribution in [2.24, 2.45) is 5.16 Å². The van der Waals surface area contributed by atoms with Gasteiger partial charge < -0.3 is 10.2 Å². The standard InChI is InChI=1S/C18H14BrCl2N5O2/c1-10-6-12(20)7-11(9-23-28-2)16(10)24-18(27)14-8-15(19)25-26(14)17-13(21)4-3-5-22-17/h3-9H,1-2H3,(H,24,27)/b23-9-. The molecule has 3 aromatic rings. The first-order chi connectivity index (χ1) is 13.4. The molecule has 7 nitrogen and oxygen atoms in total. The molecule has 0 aliphatic rings. The third-order valence-corrected chi connectivity index (χ3v) is 4.62. The van der Waals surface area contributed by atoms with E-state index in [0.29, 0.717) is 31.7 Å². The van der Waals surface area contributed by atoms with Crippen molar-refractivity contribution in [3.8, 4) is 5.82 Å². The Hall–Kier alpha value is -2.42. The highest BCUT2D eigenvalue weighted by Crippen LogP contribution is 2.26. The number of anilines is 1. The van der Waals surface area contributed by atoms with E-state index in [0.717, 1.165) is 5.56 Å². The number of hydrogen-bond acceptors (Lipinski definition) is 5. The SMILES string of the molecule is CO/N=C\c1cc(Cl)cc(C)c1NC(=O)c1cc(Br)nn1-c1ncccc1Cl. The second-order valence-electron chi connectivity index (χ2n) is 5.63. The summed E-state index contributed by atoms with van der Waals surface area (Å²) in [5, 5.41) is 11.8. The molecule has 2 heterocycles. The summed E-state index contributed by atoms with van der Waals surface area (Å²) in [5.41, 5.74) is 2.16. The lowest BCUT2D eigenvalue weighted by Gasteiger charge is -2.13. The minimum atomic E-state index is -0.405. The number of rotatable bonds is 5. The van der Waals surface area contributed by atoms with Gasteiger partial charge in [0.05, 0.1) is 16.9 Å². The highest BCUT2D eigenvalue weighted by atomic mass is 79.9. The summed E-state index contributed by atoms with van der Waals surface area (Å²) in [6, 6.07) is 8.36. The van der Waals surface area contributed by atoms with Crippen molar-refractivity contribution in [3.05, 3.63) is 68.0 Å². The van der Waals surface area contributed by atoms with E-state index in [4.69, 9.17) is 28.0 Å². The number of hydrogen-bond donors (Lipinski definition) is 1. The third-order valence-electron chi connectivity index (χ3n) is 3.72. The number of oxime groups is 1. The molecule has 0 saturated carbocycles. The monoisotopic (exact) mass is 481 g/mol. The topological polar surface area (TPSA) is 81.4 Å². The zero-order valence-electron chi connectivity index (χ0n) is 14.8. The van der Waals surface area contributed by atoms with Crippen LogP contribution in [0.15, 0.2) is 46.3 Å². The van der Waals surface area contributed by atoms with Crippen molar-refractivity contribution in [3.63, 3.8) is 0 Å². The molecular weight excluding hydrogens is 469 g/mol. The normalized spacial score (nSPS) is 11.0. The molecule has 0 aliphatic carbocycles. The lowest BCUT2D eigenvalue weighted by Crippen LogP contribution is -2.19. The number of nitrogens with one attached hydrogen (secondary N) is 1. The number of aryl methyl sites for hydroxylation is 1. The number of carbonyl (C=O) groups is 1. The summed E-state index contributed by atoms with van der Waals surface area (Å²) in [4.78, 5) is 22.0. The molecule has 0 atom stereocenters. The van der Waals surface area contributed by atoms with Crippen LogP contribution in [0.1, 0.15) is 21.6 Å². The predicted molar refractivity (Wildman–Crippen MR) is 113 cm³/mol. The first-order valence-corrected chi connectivity index (χ1v) is 9.50. The van der Waals surface area contributed by atoms with E-state index < -0.39 is 5.91 Å². The predicted octanol–water partition coefficient (Wildman–Crippen LogP) is 4.88. The summed E-state index contributed by atoms with van der Waals surface area (Å²) < 4.78 is 1.84. The van der Waals surface area contributed by atoms with Crippen LogP contribution in [0.3, 0.4) is 0 Å². The summed E-state index contributed by atoms with van der Waals surface area (Å²) >= 11 is 15.6. The molecule has 144 valence electrons. The molecule has 2 aromatic heterocycles. The van der Waals surface area contributed by atoms with Crippen LogP contribution in [0.25, 0.3) is 5.82 Å². The van der Waals surface area contributed by atoms with Gasteiger partial charge in [-0.05, 0) is 52.7 Å². The number of amides is 1. The minimum Gasteiger partial charge on any atom is -0.399 e. The van der Waals surface area contributed by atoms with E-state index in [2.05, 4.69) is 36.5 Å². The van der Waals surface area contributed by atoms with Gasteiger partial charge in [-0.1, -0.05) is 28.4 Å². The summed E-state index contributed by atoms with van der Waals surface area (Å²) in [6.07, 6.45) is 3.04. The fraction of sp³-hybridized carbons (Fsp3) is 0.111. The van der Waals surface area contributed by atoms with Crippen molar-refractivity contribution < 1.29 is 9.63 Å². The lowest BCUT2D eigenvalue weighted by atomic mass is 10.1. The highest BCUT2D eigenvalue weighted by Gasteiger charge is 2.20. The molecule has 3 rings (SSSR count). The molecule has 0 saturated heterocycles. The van der Waals surface area contributed by atoms with Gasteiger partial charge in [0.1, 0.15) is 17.4 Å². The van der Waals surface area contributed by atoms with Crippen molar-refractivity contribution >= 4 is 56.9 Å². The molecule has 1 amide bonds. The molecule has 0 spiro atoms. The quantitative estimate of drug-likeness (QED) is 0.415. The number of aromatic nitrogens is 3. The smallest absolute Gasteiger partial charge is 0.274 e. The van der Waals surface area contributed by atoms with Crippen LogP contribution < -0.4 is 5.32 Å². The van der Waals surface area contributed by atoms with Crippen molar-refractivity contribution in [1.29, 1.82) is 0 Å². The zero-order valence-corrected chi connectivity index (χ0v) is 17.9. The zero-order chi connectivity index (χ0) is 20.3. The summed E-state index contributed by atoms with van der Waals surface area (Å²) in [6.45, 7) is 1.83. The van der Waals surface area contributed by atoms with Gasteiger partial charge in [-0.2, -0.15) is 5.10 Å². The molecule has 0 fully saturated rings. The second kappa shape index (κ2) is 8.72. The highest BCUT2D eigenvalue weighted by molar-refractivity contribution is 9.10. The van der Waals surface area contributed by atoms with E-state index in [9.17, 15) is 4.79 Å². The summed E-state index contributed by atoms with van der Waals surface area (Å²) in [5.74, 6) is -0.0635. The molecule has 28 heavy (non-hydrogen) atoms. The van der Waals surface area contributed by atoms with Gasteiger partial charge in [0.15, 0.2) is 5.82 Å². The van der Waals surface area contributed by atoms with Crippen LogP contribution in [-0.2, 0) is 4.84 Å². The fourth-order valence-corrected chi connectivity index (χ4v) is 3.40. The Morgan fingerprint density at radius 2 is 2.14 bits per heavy atom. The Morgan fingerprint density at radius 1 is 1.36 bits per heavy atom. The van der Waals surface area contributed by atoms with E-state index in [-0.39, 0.29) is 5.69 Å². The number of halogens is 3. The minimum absolute atomic E-state index is 0.247. The van der Waals surface area contributed by atoms with E-state index in [1.807, 2.05) is 6.92 Å². The Balaban J connectivity index is 2.02. The number of pyridine rings is 1. The second-order valence-corrected chi connectivity index (χ2v) is 7.29. The molecule has 0 aliphatic heterocycles. The maximum Gasteiger partial charge on any atom is 0.274 e. The number of benzene rings is 1. The first kappa shape index (κ1) is 20.3. The molecule has 10 heteroatoms. The average molecular weight is 483 g/mol. The molecule has 0 bridgehead atoms. The Kier molecular flexibility index (Phi) is 6.33. The van der Waals surface area contributed by atoms with Crippen LogP contribution in [0.5, 0.6) is 0 Å². The van der Waals surface area contributed by atoms with Crippen LogP contribution in [-0.4, -0.2) is 34.0 Å². The fourth-order valence-electron chi connectivity index (χ4n) is 2.54. The van der Waals surface area contributed by atoms with E-state index in [1.54, 1.807) is 36.5 Å². The van der Waals surface area contributed by atoms with Crippen LogP contribution in [0.2, 0.25) is 10.0 Å². The Bertz CT molecular complexity index is 1070. The molecular formula is C18H14BrCl2N5O2. The third kappa shape index (κ3) is 4.35. The molecule has 1 aromatic carbocycles. The summed E-state index contributed by atoms with van der Waals surface area (Å²) in [7, 11) is 1.43. The van der Waals surface area contributed by atoms with Crippen LogP contribution >= 0.6 is 39.1 Å². The average Bonchev–Trinajstić information content (AvgIpc) is 3.04. The van der Waals surface area contributed by atoms with E-state index in [1.165, 1.54) is 18.0 Å². The Morgan fingerprint density at radius 3 is 2.86 bits per heavy atom. The molecule has 1 N–H and O–H groups in total. The van der Waals surface area contributed by atoms with Gasteiger partial charge in [0.25, 0.3) is 5.91 Å². The number of carbonyl (C=O) groups excluding carboxylic acids is 1. The van der Waals surface area contributed by atoms with Gasteiger partial charge >= 0.3 is 0 Å². The van der Waals surface area contributed by atoms with Crippen LogP contribution in [0, 0.1) is 6.92 Å². The largest absolute Gasteiger partial charge is 0.399 e. The van der Waals surface area contributed by atoms with Crippen molar-refractivity contribution in [1.82, 2.24) is 14.8 Å². The van der Waals surface area contributed by atoms with Crippen molar-refractivity contribution in [2.45, 2.75) is 6.92 Å². The molecule has 0 radical (unpaired) electrons. The maximum atomic E-state index is 13.0. The van der Waals surface area contributed by atoms with Gasteiger partial charge in [-0.15, -0.1) is 0 Å². The van der Waals surface area contributed by atoms with Gasteiger partial charge in [-0.3, -0.25) is 4.79 Å². The first-order valence-electron chi connectivity index (χ1n) is 7.95. The lowest BCUT2D eigenvalue weighted by molar-refractivity contribution is 0.101. The van der Waals surface area contributed by atoms with Gasteiger partial charge in [0, 0.05) is 22.8 Å². The van der Waals surface area contributed by atoms with E-state index >= 15 is 0 Å². The van der Waals surface area contributed by atoms with Gasteiger partial charge in [-0.25, -0.2) is 9.67 Å².